The molecule has 0 radical (unpaired) electrons. The number of halogens is 3. The molecule has 1 aromatic heterocycles. The van der Waals surface area contributed by atoms with Crippen LogP contribution in [0, 0.1) is 0 Å². The zero-order valence-corrected chi connectivity index (χ0v) is 17.4. The highest BCUT2D eigenvalue weighted by Gasteiger charge is 2.36. The number of primary amides is 1. The van der Waals surface area contributed by atoms with E-state index in [-0.39, 0.29) is 17.1 Å². The van der Waals surface area contributed by atoms with Gasteiger partial charge in [0.25, 0.3) is 11.5 Å². The van der Waals surface area contributed by atoms with Crippen LogP contribution in [0.3, 0.4) is 0 Å². The van der Waals surface area contributed by atoms with Crippen molar-refractivity contribution < 1.29 is 31.1 Å². The first-order valence-electron chi connectivity index (χ1n) is 9.03. The van der Waals surface area contributed by atoms with E-state index in [1.54, 1.807) is 17.1 Å². The van der Waals surface area contributed by atoms with Crippen molar-refractivity contribution in [1.82, 2.24) is 4.98 Å². The molecule has 0 fully saturated rings. The van der Waals surface area contributed by atoms with E-state index in [9.17, 15) is 31.2 Å². The number of H-pyrrole nitrogens is 1. The van der Waals surface area contributed by atoms with Gasteiger partial charge in [-0.3, -0.25) is 9.59 Å². The fourth-order valence-electron chi connectivity index (χ4n) is 2.93. The van der Waals surface area contributed by atoms with Gasteiger partial charge in [-0.1, -0.05) is 24.3 Å². The molecule has 0 spiro atoms. The van der Waals surface area contributed by atoms with Gasteiger partial charge in [0, 0.05) is 11.8 Å². The quantitative estimate of drug-likeness (QED) is 0.579. The Kier molecular flexibility index (Phi) is 6.13. The number of aromatic nitrogens is 1. The van der Waals surface area contributed by atoms with Crippen LogP contribution in [-0.4, -0.2) is 25.6 Å². The van der Waals surface area contributed by atoms with Crippen molar-refractivity contribution in [3.05, 3.63) is 81.8 Å². The van der Waals surface area contributed by atoms with Crippen LogP contribution in [0.15, 0.2) is 64.3 Å². The number of aromatic amines is 1. The second-order valence-electron chi connectivity index (χ2n) is 6.90. The van der Waals surface area contributed by atoms with Crippen LogP contribution in [0.1, 0.15) is 21.6 Å². The number of hydrogen-bond donors (Lipinski definition) is 2. The lowest BCUT2D eigenvalue weighted by molar-refractivity contribution is -0.140. The normalized spacial score (nSPS) is 11.9. The number of nitrogens with one attached hydrogen (secondary N) is 1. The summed E-state index contributed by atoms with van der Waals surface area (Å²) in [6.07, 6.45) is -3.79. The van der Waals surface area contributed by atoms with Gasteiger partial charge in [0.2, 0.25) is 0 Å². The smallest absolute Gasteiger partial charge is 0.431 e. The lowest BCUT2D eigenvalue weighted by Gasteiger charge is -2.14. The first-order valence-corrected chi connectivity index (χ1v) is 10.9. The minimum Gasteiger partial charge on any atom is -0.489 e. The monoisotopic (exact) mass is 466 g/mol. The summed E-state index contributed by atoms with van der Waals surface area (Å²) in [5.74, 6) is -0.843. The Morgan fingerprint density at radius 1 is 1.09 bits per heavy atom. The van der Waals surface area contributed by atoms with Crippen molar-refractivity contribution in [2.45, 2.75) is 17.7 Å². The Morgan fingerprint density at radius 3 is 2.31 bits per heavy atom. The first-order chi connectivity index (χ1) is 14.9. The van der Waals surface area contributed by atoms with Crippen molar-refractivity contribution >= 4 is 15.7 Å². The Bertz CT molecular complexity index is 1330. The molecule has 168 valence electrons. The fourth-order valence-corrected chi connectivity index (χ4v) is 3.62. The van der Waals surface area contributed by atoms with E-state index < -0.39 is 44.3 Å². The summed E-state index contributed by atoms with van der Waals surface area (Å²) in [5.41, 5.74) is 2.18. The largest absolute Gasteiger partial charge is 0.489 e. The standard InChI is InChI=1S/C21H17F3N2O5S/c1-32(29,30)15-4-2-3-12(9-15)11-31-14-7-5-13(6-8-14)16-10-17(19(25)27)20(28)26-18(16)21(22,23)24/h2-10H,11H2,1H3,(H2,25,27)(H,26,28). The average Bonchev–Trinajstić information content (AvgIpc) is 2.71. The van der Waals surface area contributed by atoms with E-state index in [1.165, 1.54) is 36.4 Å². The third kappa shape index (κ3) is 5.17. The van der Waals surface area contributed by atoms with Gasteiger partial charge in [0.15, 0.2) is 9.84 Å². The molecule has 3 N–H and O–H groups in total. The number of benzene rings is 2. The highest BCUT2D eigenvalue weighted by Crippen LogP contribution is 2.35. The lowest BCUT2D eigenvalue weighted by Crippen LogP contribution is -2.27. The molecule has 1 heterocycles. The molecule has 2 aromatic carbocycles. The van der Waals surface area contributed by atoms with Gasteiger partial charge in [-0.15, -0.1) is 0 Å². The van der Waals surface area contributed by atoms with Crippen LogP contribution in [-0.2, 0) is 22.6 Å². The maximum Gasteiger partial charge on any atom is 0.431 e. The maximum absolute atomic E-state index is 13.4. The second-order valence-corrected chi connectivity index (χ2v) is 8.91. The zero-order chi connectivity index (χ0) is 23.7. The first kappa shape index (κ1) is 23.1. The molecule has 3 rings (SSSR count). The summed E-state index contributed by atoms with van der Waals surface area (Å²) in [5, 5.41) is 0. The summed E-state index contributed by atoms with van der Waals surface area (Å²) in [7, 11) is -3.38. The van der Waals surface area contributed by atoms with Gasteiger partial charge in [-0.05, 0) is 41.5 Å². The number of carbonyl (C=O) groups excluding carboxylic acids is 1. The molecule has 1 amide bonds. The number of sulfone groups is 1. The lowest BCUT2D eigenvalue weighted by atomic mass is 10.0. The number of rotatable bonds is 6. The number of amides is 1. The van der Waals surface area contributed by atoms with Crippen molar-refractivity contribution in [3.63, 3.8) is 0 Å². The molecule has 11 heteroatoms. The van der Waals surface area contributed by atoms with Gasteiger partial charge >= 0.3 is 6.18 Å². The molecule has 3 aromatic rings. The van der Waals surface area contributed by atoms with E-state index in [0.717, 1.165) is 12.3 Å². The molecule has 32 heavy (non-hydrogen) atoms. The summed E-state index contributed by atoms with van der Waals surface area (Å²) in [4.78, 5) is 25.0. The molecular formula is C21H17F3N2O5S. The molecule has 0 aliphatic carbocycles. The van der Waals surface area contributed by atoms with Gasteiger partial charge in [-0.2, -0.15) is 13.2 Å². The van der Waals surface area contributed by atoms with E-state index in [1.807, 2.05) is 0 Å². The van der Waals surface area contributed by atoms with Crippen molar-refractivity contribution in [3.8, 4) is 16.9 Å². The van der Waals surface area contributed by atoms with Crippen LogP contribution in [0.25, 0.3) is 11.1 Å². The highest BCUT2D eigenvalue weighted by atomic mass is 32.2. The van der Waals surface area contributed by atoms with E-state index in [0.29, 0.717) is 11.3 Å². The molecule has 0 saturated heterocycles. The van der Waals surface area contributed by atoms with Crippen molar-refractivity contribution in [1.29, 1.82) is 0 Å². The summed E-state index contributed by atoms with van der Waals surface area (Å²) in [6, 6.07) is 12.4. The number of carbonyl (C=O) groups is 1. The average molecular weight is 466 g/mol. The molecule has 0 saturated carbocycles. The molecule has 7 nitrogen and oxygen atoms in total. The van der Waals surface area contributed by atoms with Gasteiger partial charge in [0.1, 0.15) is 23.6 Å². The van der Waals surface area contributed by atoms with Crippen LogP contribution in [0.4, 0.5) is 13.2 Å². The number of nitrogens with two attached hydrogens (primary N) is 1. The third-order valence-electron chi connectivity index (χ3n) is 4.49. The Labute approximate surface area is 180 Å². The van der Waals surface area contributed by atoms with Crippen LogP contribution >= 0.6 is 0 Å². The predicted octanol–water partition coefficient (Wildman–Crippen LogP) is 3.14. The van der Waals surface area contributed by atoms with Crippen molar-refractivity contribution in [2.24, 2.45) is 5.73 Å². The highest BCUT2D eigenvalue weighted by molar-refractivity contribution is 7.90. The van der Waals surface area contributed by atoms with Gasteiger partial charge in [0.05, 0.1) is 4.90 Å². The minimum atomic E-state index is -4.87. The Balaban J connectivity index is 1.88. The summed E-state index contributed by atoms with van der Waals surface area (Å²) < 4.78 is 69.1. The van der Waals surface area contributed by atoms with E-state index >= 15 is 0 Å². The molecule has 0 atom stereocenters. The third-order valence-corrected chi connectivity index (χ3v) is 5.60. The van der Waals surface area contributed by atoms with Crippen LogP contribution in [0.2, 0.25) is 0 Å². The zero-order valence-electron chi connectivity index (χ0n) is 16.6. The summed E-state index contributed by atoms with van der Waals surface area (Å²) >= 11 is 0. The molecular weight excluding hydrogens is 449 g/mol. The van der Waals surface area contributed by atoms with Crippen molar-refractivity contribution in [2.75, 3.05) is 6.26 Å². The number of ether oxygens (including phenoxy) is 1. The Hall–Kier alpha value is -3.60. The second kappa shape index (κ2) is 8.50. The Morgan fingerprint density at radius 2 is 1.75 bits per heavy atom. The van der Waals surface area contributed by atoms with E-state index in [4.69, 9.17) is 10.5 Å². The molecule has 0 bridgehead atoms. The number of alkyl halides is 3. The minimum absolute atomic E-state index is 0.0288. The van der Waals surface area contributed by atoms with Gasteiger partial charge < -0.3 is 15.5 Å². The summed E-state index contributed by atoms with van der Waals surface area (Å²) in [6.45, 7) is 0.0288. The maximum atomic E-state index is 13.4. The van der Waals surface area contributed by atoms with Crippen LogP contribution < -0.4 is 16.0 Å². The molecule has 0 aliphatic rings. The van der Waals surface area contributed by atoms with Gasteiger partial charge in [-0.25, -0.2) is 8.42 Å². The molecule has 0 unspecified atom stereocenters. The topological polar surface area (TPSA) is 119 Å². The van der Waals surface area contributed by atoms with E-state index in [2.05, 4.69) is 0 Å². The number of pyridine rings is 1. The SMILES string of the molecule is CS(=O)(=O)c1cccc(COc2ccc(-c3cc(C(N)=O)c(=O)[nH]c3C(F)(F)F)cc2)c1. The number of hydrogen-bond acceptors (Lipinski definition) is 5. The fraction of sp³-hybridized carbons (Fsp3) is 0.143. The molecule has 0 aliphatic heterocycles. The van der Waals surface area contributed by atoms with Crippen LogP contribution in [0.5, 0.6) is 5.75 Å². The predicted molar refractivity (Wildman–Crippen MR) is 110 cm³/mol.